The van der Waals surface area contributed by atoms with Crippen molar-refractivity contribution in [2.45, 2.75) is 53.0 Å². The molecule has 0 aliphatic heterocycles. The Morgan fingerprint density at radius 1 is 1.00 bits per heavy atom. The van der Waals surface area contributed by atoms with E-state index in [-0.39, 0.29) is 35.1 Å². The summed E-state index contributed by atoms with van der Waals surface area (Å²) in [7, 11) is 0. The molecule has 0 aliphatic carbocycles. The lowest BCUT2D eigenvalue weighted by molar-refractivity contribution is -0.129. The van der Waals surface area contributed by atoms with Gasteiger partial charge in [-0.05, 0) is 45.9 Å². The first-order valence-electron chi connectivity index (χ1n) is 7.65. The quantitative estimate of drug-likeness (QED) is 0.502. The van der Waals surface area contributed by atoms with Crippen LogP contribution in [0.15, 0.2) is 24.3 Å². The number of halogens is 4. The standard InChI is InChI=1S/C17H21F4NO3/c1-10(2)22(11(3)4)15(23)8-6-12-5-7-13(24-16(18)19)9-14(12)25-17(20)21/h5-11,16-17H,1-4H3/b8-6+. The molecule has 140 valence electrons. The number of nitrogens with zero attached hydrogens (tertiary/aromatic N) is 1. The van der Waals surface area contributed by atoms with E-state index in [9.17, 15) is 22.4 Å². The molecule has 0 atom stereocenters. The molecule has 1 aromatic carbocycles. The SMILES string of the molecule is CC(C)N(C(=O)/C=C/c1ccc(OC(F)F)cc1OC(F)F)C(C)C. The molecule has 0 fully saturated rings. The topological polar surface area (TPSA) is 38.8 Å². The monoisotopic (exact) mass is 363 g/mol. The van der Waals surface area contributed by atoms with Gasteiger partial charge in [0, 0.05) is 29.8 Å². The molecule has 0 bridgehead atoms. The number of ether oxygens (including phenoxy) is 2. The van der Waals surface area contributed by atoms with Crippen LogP contribution in [0.4, 0.5) is 17.6 Å². The van der Waals surface area contributed by atoms with Crippen molar-refractivity contribution in [1.29, 1.82) is 0 Å². The van der Waals surface area contributed by atoms with Crippen molar-refractivity contribution in [3.63, 3.8) is 0 Å². The number of hydrogen-bond acceptors (Lipinski definition) is 3. The average molecular weight is 363 g/mol. The fourth-order valence-electron chi connectivity index (χ4n) is 2.38. The van der Waals surface area contributed by atoms with Gasteiger partial charge in [0.25, 0.3) is 0 Å². The summed E-state index contributed by atoms with van der Waals surface area (Å²) >= 11 is 0. The molecule has 25 heavy (non-hydrogen) atoms. The van der Waals surface area contributed by atoms with E-state index in [0.717, 1.165) is 6.07 Å². The van der Waals surface area contributed by atoms with Crippen LogP contribution < -0.4 is 9.47 Å². The molecule has 1 rings (SSSR count). The number of carbonyl (C=O) groups is 1. The molecule has 1 amide bonds. The number of benzene rings is 1. The van der Waals surface area contributed by atoms with Gasteiger partial charge in [0.1, 0.15) is 11.5 Å². The van der Waals surface area contributed by atoms with Crippen LogP contribution in [0.3, 0.4) is 0 Å². The highest BCUT2D eigenvalue weighted by molar-refractivity contribution is 5.92. The Hall–Kier alpha value is -2.25. The lowest BCUT2D eigenvalue weighted by Gasteiger charge is -2.29. The average Bonchev–Trinajstić information content (AvgIpc) is 2.44. The van der Waals surface area contributed by atoms with Crippen molar-refractivity contribution in [3.8, 4) is 11.5 Å². The van der Waals surface area contributed by atoms with Crippen molar-refractivity contribution in [2.24, 2.45) is 0 Å². The van der Waals surface area contributed by atoms with Gasteiger partial charge in [0.05, 0.1) is 0 Å². The second kappa shape index (κ2) is 9.29. The Balaban J connectivity index is 3.08. The summed E-state index contributed by atoms with van der Waals surface area (Å²) in [6.45, 7) is 1.18. The summed E-state index contributed by atoms with van der Waals surface area (Å²) in [4.78, 5) is 13.9. The highest BCUT2D eigenvalue weighted by Crippen LogP contribution is 2.28. The zero-order chi connectivity index (χ0) is 19.1. The second-order valence-electron chi connectivity index (χ2n) is 5.72. The van der Waals surface area contributed by atoms with Crippen LogP contribution >= 0.6 is 0 Å². The number of hydrogen-bond donors (Lipinski definition) is 0. The summed E-state index contributed by atoms with van der Waals surface area (Å²) in [6.07, 6.45) is 2.52. The van der Waals surface area contributed by atoms with Crippen LogP contribution in [0.2, 0.25) is 0 Å². The van der Waals surface area contributed by atoms with Gasteiger partial charge in [-0.15, -0.1) is 0 Å². The van der Waals surface area contributed by atoms with Gasteiger partial charge in [-0.25, -0.2) is 0 Å². The minimum absolute atomic E-state index is 0.0456. The summed E-state index contributed by atoms with van der Waals surface area (Å²) < 4.78 is 58.0. The van der Waals surface area contributed by atoms with E-state index >= 15 is 0 Å². The molecule has 1 aromatic rings. The number of rotatable bonds is 8. The first kappa shape index (κ1) is 20.8. The summed E-state index contributed by atoms with van der Waals surface area (Å²) in [5, 5.41) is 0. The van der Waals surface area contributed by atoms with Gasteiger partial charge < -0.3 is 14.4 Å². The Kier molecular flexibility index (Phi) is 7.73. The number of alkyl halides is 4. The van der Waals surface area contributed by atoms with Gasteiger partial charge in [-0.3, -0.25) is 4.79 Å². The number of amides is 1. The molecule has 0 saturated heterocycles. The smallest absolute Gasteiger partial charge is 0.387 e. The van der Waals surface area contributed by atoms with Crippen molar-refractivity contribution in [1.82, 2.24) is 4.90 Å². The molecule has 0 aromatic heterocycles. The van der Waals surface area contributed by atoms with Gasteiger partial charge in [-0.2, -0.15) is 17.6 Å². The van der Waals surface area contributed by atoms with Crippen LogP contribution in [0.25, 0.3) is 6.08 Å². The zero-order valence-corrected chi connectivity index (χ0v) is 14.4. The predicted molar refractivity (Wildman–Crippen MR) is 85.9 cm³/mol. The Labute approximate surface area is 144 Å². The largest absolute Gasteiger partial charge is 0.435 e. The number of carbonyl (C=O) groups excluding carboxylic acids is 1. The molecule has 8 heteroatoms. The Bertz CT molecular complexity index is 596. The Morgan fingerprint density at radius 2 is 1.56 bits per heavy atom. The van der Waals surface area contributed by atoms with Gasteiger partial charge in [-0.1, -0.05) is 0 Å². The lowest BCUT2D eigenvalue weighted by Crippen LogP contribution is -2.41. The molecule has 0 spiro atoms. The van der Waals surface area contributed by atoms with Gasteiger partial charge >= 0.3 is 13.2 Å². The van der Waals surface area contributed by atoms with Crippen LogP contribution in [-0.4, -0.2) is 36.1 Å². The van der Waals surface area contributed by atoms with Crippen molar-refractivity contribution < 1.29 is 31.8 Å². The highest BCUT2D eigenvalue weighted by atomic mass is 19.3. The van der Waals surface area contributed by atoms with Gasteiger partial charge in [0.2, 0.25) is 5.91 Å². The van der Waals surface area contributed by atoms with E-state index in [1.165, 1.54) is 24.3 Å². The van der Waals surface area contributed by atoms with Crippen LogP contribution in [0.5, 0.6) is 11.5 Å². The molecule has 0 aliphatic rings. The molecule has 0 radical (unpaired) electrons. The molecular weight excluding hydrogens is 342 g/mol. The second-order valence-corrected chi connectivity index (χ2v) is 5.72. The zero-order valence-electron chi connectivity index (χ0n) is 14.4. The van der Waals surface area contributed by atoms with E-state index in [0.29, 0.717) is 0 Å². The van der Waals surface area contributed by atoms with E-state index < -0.39 is 13.2 Å². The normalized spacial score (nSPS) is 11.8. The molecule has 0 unspecified atom stereocenters. The predicted octanol–water partition coefficient (Wildman–Crippen LogP) is 4.55. The minimum atomic E-state index is -3.15. The molecule has 0 saturated carbocycles. The lowest BCUT2D eigenvalue weighted by atomic mass is 10.1. The summed E-state index contributed by atoms with van der Waals surface area (Å²) in [5.74, 6) is -0.987. The molecule has 0 heterocycles. The van der Waals surface area contributed by atoms with Crippen molar-refractivity contribution in [3.05, 3.63) is 29.8 Å². The summed E-state index contributed by atoms with van der Waals surface area (Å²) in [6, 6.07) is 3.27. The van der Waals surface area contributed by atoms with E-state index in [1.807, 2.05) is 27.7 Å². The fourth-order valence-corrected chi connectivity index (χ4v) is 2.38. The Morgan fingerprint density at radius 3 is 2.04 bits per heavy atom. The van der Waals surface area contributed by atoms with E-state index in [4.69, 9.17) is 0 Å². The third-order valence-electron chi connectivity index (χ3n) is 3.20. The van der Waals surface area contributed by atoms with Gasteiger partial charge in [0.15, 0.2) is 0 Å². The minimum Gasteiger partial charge on any atom is -0.435 e. The maximum absolute atomic E-state index is 12.5. The highest BCUT2D eigenvalue weighted by Gasteiger charge is 2.18. The van der Waals surface area contributed by atoms with E-state index in [2.05, 4.69) is 9.47 Å². The van der Waals surface area contributed by atoms with E-state index in [1.54, 1.807) is 4.90 Å². The van der Waals surface area contributed by atoms with Crippen LogP contribution in [0.1, 0.15) is 33.3 Å². The van der Waals surface area contributed by atoms with Crippen LogP contribution in [0, 0.1) is 0 Å². The maximum Gasteiger partial charge on any atom is 0.387 e. The molecule has 4 nitrogen and oxygen atoms in total. The third kappa shape index (κ3) is 6.64. The first-order valence-corrected chi connectivity index (χ1v) is 7.65. The maximum atomic E-state index is 12.5. The van der Waals surface area contributed by atoms with Crippen molar-refractivity contribution >= 4 is 12.0 Å². The first-order chi connectivity index (χ1) is 11.6. The summed E-state index contributed by atoms with van der Waals surface area (Å²) in [5.41, 5.74) is 0.141. The third-order valence-corrected chi connectivity index (χ3v) is 3.20. The molecular formula is C17H21F4NO3. The van der Waals surface area contributed by atoms with Crippen LogP contribution in [-0.2, 0) is 4.79 Å². The van der Waals surface area contributed by atoms with Crippen molar-refractivity contribution in [2.75, 3.05) is 0 Å². The fraction of sp³-hybridized carbons (Fsp3) is 0.471. The molecule has 0 N–H and O–H groups in total.